The van der Waals surface area contributed by atoms with E-state index >= 15 is 0 Å². The Morgan fingerprint density at radius 3 is 2.93 bits per heavy atom. The lowest BCUT2D eigenvalue weighted by Crippen LogP contribution is -2.31. The lowest BCUT2D eigenvalue weighted by molar-refractivity contribution is 0.0944. The summed E-state index contributed by atoms with van der Waals surface area (Å²) in [5.74, 6) is -1.62. The number of benzene rings is 1. The summed E-state index contributed by atoms with van der Waals surface area (Å²) in [5, 5.41) is 20.0. The lowest BCUT2D eigenvalue weighted by Gasteiger charge is -2.07. The highest BCUT2D eigenvalue weighted by atomic mass is 19.1. The van der Waals surface area contributed by atoms with Gasteiger partial charge < -0.3 is 10.4 Å². The minimum Gasteiger partial charge on any atom is -0.507 e. The fraction of sp³-hybridized carbons (Fsp3) is 0.200. The predicted octanol–water partition coefficient (Wildman–Crippen LogP) is 1.17. The number of nitrogens with zero attached hydrogens (tertiary/aromatic N) is 1. The molecule has 0 aromatic heterocycles. The van der Waals surface area contributed by atoms with Crippen LogP contribution in [0.4, 0.5) is 4.39 Å². The summed E-state index contributed by atoms with van der Waals surface area (Å²) >= 11 is 0. The van der Waals surface area contributed by atoms with Crippen molar-refractivity contribution < 1.29 is 14.3 Å². The zero-order valence-electron chi connectivity index (χ0n) is 7.99. The molecule has 0 saturated heterocycles. The molecule has 4 nitrogen and oxygen atoms in total. The van der Waals surface area contributed by atoms with Crippen molar-refractivity contribution in [3.8, 4) is 11.8 Å². The van der Waals surface area contributed by atoms with Crippen LogP contribution in [0.3, 0.4) is 0 Å². The van der Waals surface area contributed by atoms with Crippen molar-refractivity contribution in [2.45, 2.75) is 13.0 Å². The predicted molar refractivity (Wildman–Crippen MR) is 50.6 cm³/mol. The molecular formula is C10H9FN2O2. The van der Waals surface area contributed by atoms with Crippen LogP contribution in [0.2, 0.25) is 0 Å². The molecule has 1 aromatic rings. The third-order valence-electron chi connectivity index (χ3n) is 1.74. The fourth-order valence-corrected chi connectivity index (χ4v) is 0.997. The van der Waals surface area contributed by atoms with Crippen LogP contribution in [0, 0.1) is 17.1 Å². The van der Waals surface area contributed by atoms with E-state index in [2.05, 4.69) is 5.32 Å². The molecular weight excluding hydrogens is 199 g/mol. The highest BCUT2D eigenvalue weighted by molar-refractivity contribution is 5.97. The summed E-state index contributed by atoms with van der Waals surface area (Å²) in [4.78, 5) is 11.4. The SMILES string of the molecule is CC(C#N)NC(=O)c1cc(F)ccc1O. The standard InChI is InChI=1S/C10H9FN2O2/c1-6(5-12)13-10(15)8-4-7(11)2-3-9(8)14/h2-4,6,14H,1H3,(H,13,15). The summed E-state index contributed by atoms with van der Waals surface area (Å²) in [6, 6.07) is 4.14. The number of hydrogen-bond donors (Lipinski definition) is 2. The molecule has 0 spiro atoms. The second-order valence-electron chi connectivity index (χ2n) is 2.99. The maximum atomic E-state index is 12.8. The molecule has 1 unspecified atom stereocenters. The molecule has 1 aromatic carbocycles. The smallest absolute Gasteiger partial charge is 0.256 e. The van der Waals surface area contributed by atoms with Crippen molar-refractivity contribution in [2.24, 2.45) is 0 Å². The first kappa shape index (κ1) is 11.0. The van der Waals surface area contributed by atoms with E-state index < -0.39 is 17.8 Å². The van der Waals surface area contributed by atoms with Crippen LogP contribution < -0.4 is 5.32 Å². The third-order valence-corrected chi connectivity index (χ3v) is 1.74. The van der Waals surface area contributed by atoms with Crippen LogP contribution in [-0.2, 0) is 0 Å². The summed E-state index contributed by atoms with van der Waals surface area (Å²) in [7, 11) is 0. The average Bonchev–Trinajstić information content (AvgIpc) is 2.21. The van der Waals surface area contributed by atoms with Gasteiger partial charge in [0.1, 0.15) is 17.6 Å². The van der Waals surface area contributed by atoms with E-state index in [4.69, 9.17) is 5.26 Å². The van der Waals surface area contributed by atoms with Gasteiger partial charge in [0.25, 0.3) is 5.91 Å². The van der Waals surface area contributed by atoms with Gasteiger partial charge in [-0.2, -0.15) is 5.26 Å². The van der Waals surface area contributed by atoms with Gasteiger partial charge in [0.2, 0.25) is 0 Å². The van der Waals surface area contributed by atoms with E-state index in [1.165, 1.54) is 6.92 Å². The minimum atomic E-state index is -0.694. The third kappa shape index (κ3) is 2.68. The molecule has 0 aliphatic rings. The molecule has 1 atom stereocenters. The van der Waals surface area contributed by atoms with Crippen LogP contribution in [0.1, 0.15) is 17.3 Å². The van der Waals surface area contributed by atoms with Crippen LogP contribution in [-0.4, -0.2) is 17.1 Å². The molecule has 15 heavy (non-hydrogen) atoms. The highest BCUT2D eigenvalue weighted by Crippen LogP contribution is 2.17. The van der Waals surface area contributed by atoms with Gasteiger partial charge in [-0.05, 0) is 25.1 Å². The van der Waals surface area contributed by atoms with Crippen molar-refractivity contribution in [3.63, 3.8) is 0 Å². The van der Waals surface area contributed by atoms with Gasteiger partial charge in [0.15, 0.2) is 0 Å². The van der Waals surface area contributed by atoms with E-state index in [1.807, 2.05) is 0 Å². The Kier molecular flexibility index (Phi) is 3.24. The maximum absolute atomic E-state index is 12.8. The summed E-state index contributed by atoms with van der Waals surface area (Å²) in [6.07, 6.45) is 0. The number of nitrogens with one attached hydrogen (secondary N) is 1. The minimum absolute atomic E-state index is 0.183. The topological polar surface area (TPSA) is 73.1 Å². The molecule has 2 N–H and O–H groups in total. The number of phenols is 1. The Labute approximate surface area is 86.0 Å². The van der Waals surface area contributed by atoms with Crippen molar-refractivity contribution in [1.29, 1.82) is 5.26 Å². The largest absolute Gasteiger partial charge is 0.507 e. The number of amides is 1. The van der Waals surface area contributed by atoms with E-state index in [0.29, 0.717) is 0 Å². The zero-order valence-corrected chi connectivity index (χ0v) is 7.99. The van der Waals surface area contributed by atoms with E-state index in [1.54, 1.807) is 6.07 Å². The summed E-state index contributed by atoms with van der Waals surface area (Å²) < 4.78 is 12.8. The Hall–Kier alpha value is -2.09. The molecule has 0 saturated carbocycles. The van der Waals surface area contributed by atoms with Crippen molar-refractivity contribution in [3.05, 3.63) is 29.6 Å². The highest BCUT2D eigenvalue weighted by Gasteiger charge is 2.13. The number of hydrogen-bond acceptors (Lipinski definition) is 3. The second-order valence-corrected chi connectivity index (χ2v) is 2.99. The van der Waals surface area contributed by atoms with E-state index in [-0.39, 0.29) is 11.3 Å². The van der Waals surface area contributed by atoms with Crippen LogP contribution >= 0.6 is 0 Å². The monoisotopic (exact) mass is 208 g/mol. The molecule has 0 aliphatic carbocycles. The van der Waals surface area contributed by atoms with Crippen LogP contribution in [0.25, 0.3) is 0 Å². The Bertz CT molecular complexity index is 426. The van der Waals surface area contributed by atoms with E-state index in [0.717, 1.165) is 18.2 Å². The number of nitriles is 1. The van der Waals surface area contributed by atoms with Crippen LogP contribution in [0.15, 0.2) is 18.2 Å². The molecule has 0 fully saturated rings. The van der Waals surface area contributed by atoms with Gasteiger partial charge in [-0.25, -0.2) is 4.39 Å². The van der Waals surface area contributed by atoms with Crippen LogP contribution in [0.5, 0.6) is 5.75 Å². The molecule has 0 aliphatic heterocycles. The molecule has 0 bridgehead atoms. The van der Waals surface area contributed by atoms with Gasteiger partial charge >= 0.3 is 0 Å². The van der Waals surface area contributed by atoms with Gasteiger partial charge in [0, 0.05) is 0 Å². The molecule has 5 heteroatoms. The van der Waals surface area contributed by atoms with Gasteiger partial charge in [-0.1, -0.05) is 0 Å². The Morgan fingerprint density at radius 2 is 2.33 bits per heavy atom. The van der Waals surface area contributed by atoms with Gasteiger partial charge in [-0.3, -0.25) is 4.79 Å². The first-order valence-corrected chi connectivity index (χ1v) is 4.23. The normalized spacial score (nSPS) is 11.5. The first-order valence-electron chi connectivity index (χ1n) is 4.23. The number of rotatable bonds is 2. The molecule has 78 valence electrons. The Balaban J connectivity index is 2.92. The summed E-state index contributed by atoms with van der Waals surface area (Å²) in [5.41, 5.74) is -0.183. The average molecular weight is 208 g/mol. The van der Waals surface area contributed by atoms with Crippen molar-refractivity contribution in [1.82, 2.24) is 5.32 Å². The molecule has 1 amide bonds. The molecule has 1 rings (SSSR count). The number of aromatic hydroxyl groups is 1. The van der Waals surface area contributed by atoms with Gasteiger partial charge in [0.05, 0.1) is 11.6 Å². The van der Waals surface area contributed by atoms with Crippen molar-refractivity contribution in [2.75, 3.05) is 0 Å². The fourth-order valence-electron chi connectivity index (χ4n) is 0.997. The number of halogens is 1. The number of carbonyl (C=O) groups is 1. The summed E-state index contributed by atoms with van der Waals surface area (Å²) in [6.45, 7) is 1.48. The quantitative estimate of drug-likeness (QED) is 0.766. The zero-order chi connectivity index (χ0) is 11.4. The maximum Gasteiger partial charge on any atom is 0.256 e. The molecule has 0 radical (unpaired) electrons. The van der Waals surface area contributed by atoms with Gasteiger partial charge in [-0.15, -0.1) is 0 Å². The lowest BCUT2D eigenvalue weighted by atomic mass is 10.1. The van der Waals surface area contributed by atoms with E-state index in [9.17, 15) is 14.3 Å². The number of carbonyl (C=O) groups excluding carboxylic acids is 1. The first-order chi connectivity index (χ1) is 7.04. The Morgan fingerprint density at radius 1 is 1.67 bits per heavy atom. The molecule has 0 heterocycles. The number of phenolic OH excluding ortho intramolecular Hbond substituents is 1. The second kappa shape index (κ2) is 4.42. The van der Waals surface area contributed by atoms with Crippen molar-refractivity contribution >= 4 is 5.91 Å².